The Bertz CT molecular complexity index is 575. The molecule has 0 amide bonds. The van der Waals surface area contributed by atoms with E-state index in [-0.39, 0.29) is 10.9 Å². The number of benzene rings is 1. The molecule has 0 spiro atoms. The zero-order valence-corrected chi connectivity index (χ0v) is 8.45. The normalized spacial score (nSPS) is 10.6. The van der Waals surface area contributed by atoms with Gasteiger partial charge in [0.15, 0.2) is 0 Å². The van der Waals surface area contributed by atoms with Gasteiger partial charge < -0.3 is 9.30 Å². The highest BCUT2D eigenvalue weighted by Gasteiger charge is 2.10. The van der Waals surface area contributed by atoms with Crippen molar-refractivity contribution in [1.82, 2.24) is 4.57 Å². The molecule has 2 aromatic rings. The van der Waals surface area contributed by atoms with Gasteiger partial charge in [-0.15, -0.1) is 0 Å². The van der Waals surface area contributed by atoms with Crippen LogP contribution in [0.4, 0.5) is 4.39 Å². The number of halogens is 1. The zero-order valence-electron chi connectivity index (χ0n) is 8.45. The van der Waals surface area contributed by atoms with E-state index in [1.54, 1.807) is 19.3 Å². The van der Waals surface area contributed by atoms with E-state index in [1.807, 2.05) is 0 Å². The third-order valence-electron chi connectivity index (χ3n) is 2.37. The Balaban J connectivity index is 3.00. The van der Waals surface area contributed by atoms with Gasteiger partial charge in [0.2, 0.25) is 0 Å². The summed E-state index contributed by atoms with van der Waals surface area (Å²) < 4.78 is 19.9. The summed E-state index contributed by atoms with van der Waals surface area (Å²) in [5, 5.41) is 0.569. The van der Waals surface area contributed by atoms with E-state index in [4.69, 9.17) is 4.74 Å². The van der Waals surface area contributed by atoms with Gasteiger partial charge in [0.25, 0.3) is 5.56 Å². The summed E-state index contributed by atoms with van der Waals surface area (Å²) >= 11 is 0. The summed E-state index contributed by atoms with van der Waals surface area (Å²) in [4.78, 5) is 11.7. The van der Waals surface area contributed by atoms with Gasteiger partial charge in [0.05, 0.1) is 12.5 Å². The minimum absolute atomic E-state index is 0.0688. The Labute approximate surface area is 85.7 Å². The van der Waals surface area contributed by atoms with Crippen LogP contribution in [0.2, 0.25) is 0 Å². The molecule has 3 nitrogen and oxygen atoms in total. The van der Waals surface area contributed by atoms with Gasteiger partial charge in [0, 0.05) is 18.6 Å². The molecule has 4 heteroatoms. The SMILES string of the molecule is COc1ccc(F)c2c(=O)n(C)ccc12. The highest BCUT2D eigenvalue weighted by Crippen LogP contribution is 2.24. The predicted octanol–water partition coefficient (Wildman–Crippen LogP) is 1.69. The van der Waals surface area contributed by atoms with E-state index in [0.29, 0.717) is 11.1 Å². The van der Waals surface area contributed by atoms with Crippen molar-refractivity contribution in [3.8, 4) is 5.75 Å². The Morgan fingerprint density at radius 3 is 2.73 bits per heavy atom. The molecule has 0 radical (unpaired) electrons. The molecule has 0 N–H and O–H groups in total. The maximum atomic E-state index is 13.5. The zero-order chi connectivity index (χ0) is 11.0. The molecule has 0 fully saturated rings. The van der Waals surface area contributed by atoms with Crippen LogP contribution in [0.1, 0.15) is 0 Å². The van der Waals surface area contributed by atoms with Gasteiger partial charge in [-0.1, -0.05) is 0 Å². The van der Waals surface area contributed by atoms with Crippen LogP contribution in [0.5, 0.6) is 5.75 Å². The molecule has 0 aliphatic carbocycles. The average Bonchev–Trinajstić information content (AvgIpc) is 2.24. The molecule has 0 aliphatic heterocycles. The Morgan fingerprint density at radius 1 is 1.33 bits per heavy atom. The van der Waals surface area contributed by atoms with Crippen molar-refractivity contribution in [1.29, 1.82) is 0 Å². The summed E-state index contributed by atoms with van der Waals surface area (Å²) in [7, 11) is 3.07. The van der Waals surface area contributed by atoms with Crippen LogP contribution in [0.15, 0.2) is 29.2 Å². The number of rotatable bonds is 1. The van der Waals surface area contributed by atoms with E-state index in [1.165, 1.54) is 23.8 Å². The molecule has 0 saturated carbocycles. The highest BCUT2D eigenvalue weighted by molar-refractivity contribution is 5.87. The van der Waals surface area contributed by atoms with Gasteiger partial charge in [-0.05, 0) is 18.2 Å². The van der Waals surface area contributed by atoms with Crippen LogP contribution >= 0.6 is 0 Å². The molecule has 0 aliphatic rings. The highest BCUT2D eigenvalue weighted by atomic mass is 19.1. The first-order chi connectivity index (χ1) is 7.15. The number of aryl methyl sites for hydroxylation is 1. The Hall–Kier alpha value is -1.84. The molecule has 1 heterocycles. The lowest BCUT2D eigenvalue weighted by Crippen LogP contribution is -2.16. The molecule has 0 saturated heterocycles. The van der Waals surface area contributed by atoms with Crippen molar-refractivity contribution < 1.29 is 9.13 Å². The van der Waals surface area contributed by atoms with Crippen molar-refractivity contribution in [2.75, 3.05) is 7.11 Å². The van der Waals surface area contributed by atoms with Gasteiger partial charge in [-0.2, -0.15) is 0 Å². The van der Waals surface area contributed by atoms with E-state index < -0.39 is 5.82 Å². The van der Waals surface area contributed by atoms with Gasteiger partial charge in [0.1, 0.15) is 11.6 Å². The Kier molecular flexibility index (Phi) is 2.19. The fourth-order valence-electron chi connectivity index (χ4n) is 1.57. The standard InChI is InChI=1S/C11H10FNO2/c1-13-6-5-7-9(15-2)4-3-8(12)10(7)11(13)14/h3-6H,1-2H3. The van der Waals surface area contributed by atoms with E-state index >= 15 is 0 Å². The van der Waals surface area contributed by atoms with Crippen LogP contribution < -0.4 is 10.3 Å². The van der Waals surface area contributed by atoms with Crippen LogP contribution in [0.25, 0.3) is 10.8 Å². The summed E-state index contributed by atoms with van der Waals surface area (Å²) in [6.07, 6.45) is 1.59. The summed E-state index contributed by atoms with van der Waals surface area (Å²) in [6.45, 7) is 0. The number of fused-ring (bicyclic) bond motifs is 1. The molecular weight excluding hydrogens is 197 g/mol. The molecule has 0 bridgehead atoms. The van der Waals surface area contributed by atoms with Crippen LogP contribution in [0, 0.1) is 5.82 Å². The first-order valence-electron chi connectivity index (χ1n) is 4.47. The van der Waals surface area contributed by atoms with Gasteiger partial charge in [-0.3, -0.25) is 4.79 Å². The van der Waals surface area contributed by atoms with Crippen molar-refractivity contribution in [3.63, 3.8) is 0 Å². The second kappa shape index (κ2) is 3.38. The lowest BCUT2D eigenvalue weighted by Gasteiger charge is -2.06. The monoisotopic (exact) mass is 207 g/mol. The van der Waals surface area contributed by atoms with Crippen LogP contribution in [0.3, 0.4) is 0 Å². The van der Waals surface area contributed by atoms with E-state index in [2.05, 4.69) is 0 Å². The van der Waals surface area contributed by atoms with E-state index in [0.717, 1.165) is 0 Å². The van der Waals surface area contributed by atoms with Crippen molar-refractivity contribution >= 4 is 10.8 Å². The smallest absolute Gasteiger partial charge is 0.261 e. The number of pyridine rings is 1. The van der Waals surface area contributed by atoms with Crippen molar-refractivity contribution in [3.05, 3.63) is 40.6 Å². The van der Waals surface area contributed by atoms with E-state index in [9.17, 15) is 9.18 Å². The number of methoxy groups -OCH3 is 1. The van der Waals surface area contributed by atoms with Crippen molar-refractivity contribution in [2.24, 2.45) is 7.05 Å². The second-order valence-corrected chi connectivity index (χ2v) is 3.27. The van der Waals surface area contributed by atoms with Gasteiger partial charge in [-0.25, -0.2) is 4.39 Å². The maximum Gasteiger partial charge on any atom is 0.261 e. The lowest BCUT2D eigenvalue weighted by atomic mass is 10.1. The quantitative estimate of drug-likeness (QED) is 0.712. The number of hydrogen-bond acceptors (Lipinski definition) is 2. The fraction of sp³-hybridized carbons (Fsp3) is 0.182. The predicted molar refractivity (Wildman–Crippen MR) is 55.7 cm³/mol. The Morgan fingerprint density at radius 2 is 2.07 bits per heavy atom. The molecule has 78 valence electrons. The molecule has 15 heavy (non-hydrogen) atoms. The van der Waals surface area contributed by atoms with Crippen molar-refractivity contribution in [2.45, 2.75) is 0 Å². The first kappa shape index (κ1) is 9.71. The number of ether oxygens (including phenoxy) is 1. The van der Waals surface area contributed by atoms with Crippen LogP contribution in [-0.2, 0) is 7.05 Å². The lowest BCUT2D eigenvalue weighted by molar-refractivity contribution is 0.419. The third-order valence-corrected chi connectivity index (χ3v) is 2.37. The summed E-state index contributed by atoms with van der Waals surface area (Å²) in [6, 6.07) is 4.41. The first-order valence-corrected chi connectivity index (χ1v) is 4.47. The minimum atomic E-state index is -0.521. The maximum absolute atomic E-state index is 13.5. The minimum Gasteiger partial charge on any atom is -0.496 e. The molecule has 1 aromatic carbocycles. The molecule has 0 unspecified atom stereocenters. The third kappa shape index (κ3) is 1.38. The fourth-order valence-corrected chi connectivity index (χ4v) is 1.57. The number of hydrogen-bond donors (Lipinski definition) is 0. The topological polar surface area (TPSA) is 31.2 Å². The largest absolute Gasteiger partial charge is 0.496 e. The molecule has 1 aromatic heterocycles. The summed E-state index contributed by atoms with van der Waals surface area (Å²) in [5.74, 6) is -0.0175. The number of nitrogens with zero attached hydrogens (tertiary/aromatic N) is 1. The molecule has 2 rings (SSSR count). The second-order valence-electron chi connectivity index (χ2n) is 3.27. The molecular formula is C11H10FNO2. The van der Waals surface area contributed by atoms with Crippen LogP contribution in [-0.4, -0.2) is 11.7 Å². The number of aromatic nitrogens is 1. The molecule has 0 atom stereocenters. The van der Waals surface area contributed by atoms with Gasteiger partial charge >= 0.3 is 0 Å². The average molecular weight is 207 g/mol. The summed E-state index contributed by atoms with van der Waals surface area (Å²) in [5.41, 5.74) is -0.358.